The lowest BCUT2D eigenvalue weighted by molar-refractivity contribution is -0.142. The van der Waals surface area contributed by atoms with Gasteiger partial charge in [-0.05, 0) is 30.0 Å². The van der Waals surface area contributed by atoms with E-state index in [0.29, 0.717) is 13.0 Å². The number of hydrogen-bond acceptors (Lipinski definition) is 5. The van der Waals surface area contributed by atoms with Gasteiger partial charge in [0.05, 0.1) is 7.11 Å². The molecule has 110 valence electrons. The average molecular weight is 287 g/mol. The minimum Gasteiger partial charge on any atom is -0.504 e. The number of phenols is 1. The van der Waals surface area contributed by atoms with Crippen LogP contribution in [0.2, 0.25) is 0 Å². The van der Waals surface area contributed by atoms with Crippen molar-refractivity contribution in [2.45, 2.75) is 25.0 Å². The fourth-order valence-corrected chi connectivity index (χ4v) is 2.30. The van der Waals surface area contributed by atoms with Gasteiger partial charge in [-0.3, -0.25) is 4.79 Å². The lowest BCUT2D eigenvalue weighted by atomic mass is 9.96. The quantitative estimate of drug-likeness (QED) is 0.824. The predicted molar refractivity (Wildman–Crippen MR) is 65.9 cm³/mol. The number of alkyl halides is 2. The molecule has 1 saturated heterocycles. The number of benzene rings is 1. The normalized spacial score (nSPS) is 22.0. The number of carbonyl (C=O) groups is 1. The number of rotatable bonds is 4. The van der Waals surface area contributed by atoms with Gasteiger partial charge in [-0.25, -0.2) is 0 Å². The van der Waals surface area contributed by atoms with E-state index < -0.39 is 6.61 Å². The van der Waals surface area contributed by atoms with Gasteiger partial charge in [0.1, 0.15) is 6.04 Å². The summed E-state index contributed by atoms with van der Waals surface area (Å²) in [4.78, 5) is 11.4. The number of nitrogens with one attached hydrogen (secondary N) is 1. The SMILES string of the molecule is COC(=O)[C@H]1CC(c2ccc(OC(F)F)c(O)c2)CN1. The highest BCUT2D eigenvalue weighted by Gasteiger charge is 2.31. The van der Waals surface area contributed by atoms with E-state index in [1.165, 1.54) is 19.2 Å². The molecule has 2 rings (SSSR count). The Morgan fingerprint density at radius 3 is 2.85 bits per heavy atom. The molecule has 5 nitrogen and oxygen atoms in total. The van der Waals surface area contributed by atoms with E-state index in [1.807, 2.05) is 0 Å². The van der Waals surface area contributed by atoms with Gasteiger partial charge in [-0.15, -0.1) is 0 Å². The first-order chi connectivity index (χ1) is 9.51. The summed E-state index contributed by atoms with van der Waals surface area (Å²) < 4.78 is 33.0. The van der Waals surface area contributed by atoms with Gasteiger partial charge in [0, 0.05) is 6.54 Å². The van der Waals surface area contributed by atoms with Crippen LogP contribution < -0.4 is 10.1 Å². The van der Waals surface area contributed by atoms with Gasteiger partial charge >= 0.3 is 12.6 Å². The molecule has 1 aliphatic heterocycles. The number of hydrogen-bond donors (Lipinski definition) is 2. The van der Waals surface area contributed by atoms with Crippen molar-refractivity contribution in [2.24, 2.45) is 0 Å². The van der Waals surface area contributed by atoms with E-state index in [2.05, 4.69) is 14.8 Å². The van der Waals surface area contributed by atoms with Crippen molar-refractivity contribution in [3.63, 3.8) is 0 Å². The van der Waals surface area contributed by atoms with Crippen LogP contribution in [-0.2, 0) is 9.53 Å². The topological polar surface area (TPSA) is 67.8 Å². The maximum absolute atomic E-state index is 12.1. The van der Waals surface area contributed by atoms with Crippen LogP contribution in [0.3, 0.4) is 0 Å². The van der Waals surface area contributed by atoms with Crippen LogP contribution >= 0.6 is 0 Å². The molecular formula is C13H15F2NO4. The molecule has 0 spiro atoms. The van der Waals surface area contributed by atoms with Crippen LogP contribution in [0.5, 0.6) is 11.5 Å². The second-order valence-electron chi connectivity index (χ2n) is 4.52. The molecule has 2 atom stereocenters. The van der Waals surface area contributed by atoms with Crippen LogP contribution in [0.1, 0.15) is 17.9 Å². The Hall–Kier alpha value is -1.89. The number of phenolic OH excluding ortho intramolecular Hbond substituents is 1. The molecule has 2 N–H and O–H groups in total. The average Bonchev–Trinajstić information content (AvgIpc) is 2.89. The fourth-order valence-electron chi connectivity index (χ4n) is 2.30. The number of halogens is 2. The van der Waals surface area contributed by atoms with Gasteiger partial charge in [-0.1, -0.05) is 6.07 Å². The van der Waals surface area contributed by atoms with E-state index in [-0.39, 0.29) is 29.4 Å². The fraction of sp³-hybridized carbons (Fsp3) is 0.462. The Labute approximate surface area is 114 Å². The highest BCUT2D eigenvalue weighted by molar-refractivity contribution is 5.76. The molecule has 20 heavy (non-hydrogen) atoms. The van der Waals surface area contributed by atoms with E-state index in [4.69, 9.17) is 0 Å². The summed E-state index contributed by atoms with van der Waals surface area (Å²) in [7, 11) is 1.32. The highest BCUT2D eigenvalue weighted by atomic mass is 19.3. The number of methoxy groups -OCH3 is 1. The zero-order valence-electron chi connectivity index (χ0n) is 10.8. The van der Waals surface area contributed by atoms with E-state index >= 15 is 0 Å². The molecule has 1 aromatic carbocycles. The Bertz CT molecular complexity index is 495. The van der Waals surface area contributed by atoms with Gasteiger partial charge in [-0.2, -0.15) is 8.78 Å². The van der Waals surface area contributed by atoms with Gasteiger partial charge in [0.25, 0.3) is 0 Å². The first-order valence-electron chi connectivity index (χ1n) is 6.10. The highest BCUT2D eigenvalue weighted by Crippen LogP contribution is 2.34. The number of esters is 1. The molecule has 0 radical (unpaired) electrons. The molecule has 0 aliphatic carbocycles. The summed E-state index contributed by atoms with van der Waals surface area (Å²) >= 11 is 0. The van der Waals surface area contributed by atoms with Crippen LogP contribution in [-0.4, -0.2) is 37.4 Å². The Morgan fingerprint density at radius 2 is 2.25 bits per heavy atom. The summed E-state index contributed by atoms with van der Waals surface area (Å²) in [5, 5.41) is 12.7. The summed E-state index contributed by atoms with van der Waals surface area (Å²) in [6, 6.07) is 3.89. The van der Waals surface area contributed by atoms with Crippen LogP contribution in [0, 0.1) is 0 Å². The van der Waals surface area contributed by atoms with Crippen LogP contribution in [0.25, 0.3) is 0 Å². The Balaban J connectivity index is 2.07. The van der Waals surface area contributed by atoms with Crippen molar-refractivity contribution in [1.82, 2.24) is 5.32 Å². The third kappa shape index (κ3) is 3.16. The molecule has 0 saturated carbocycles. The second kappa shape index (κ2) is 6.04. The molecule has 1 fully saturated rings. The zero-order valence-corrected chi connectivity index (χ0v) is 10.8. The lowest BCUT2D eigenvalue weighted by Gasteiger charge is -2.12. The van der Waals surface area contributed by atoms with Gasteiger partial charge in [0.15, 0.2) is 11.5 Å². The van der Waals surface area contributed by atoms with Crippen molar-refractivity contribution in [1.29, 1.82) is 0 Å². The summed E-state index contributed by atoms with van der Waals surface area (Å²) in [5.74, 6) is -0.941. The predicted octanol–water partition coefficient (Wildman–Crippen LogP) is 1.61. The molecule has 0 bridgehead atoms. The van der Waals surface area contributed by atoms with Crippen molar-refractivity contribution in [3.05, 3.63) is 23.8 Å². The maximum Gasteiger partial charge on any atom is 0.387 e. The molecule has 7 heteroatoms. The summed E-state index contributed by atoms with van der Waals surface area (Å²) in [6.45, 7) is -2.43. The van der Waals surface area contributed by atoms with Crippen LogP contribution in [0.4, 0.5) is 8.78 Å². The first-order valence-corrected chi connectivity index (χ1v) is 6.10. The third-order valence-corrected chi connectivity index (χ3v) is 3.29. The van der Waals surface area contributed by atoms with E-state index in [9.17, 15) is 18.7 Å². The molecule has 1 unspecified atom stereocenters. The van der Waals surface area contributed by atoms with Crippen molar-refractivity contribution < 1.29 is 28.2 Å². The number of aromatic hydroxyl groups is 1. The second-order valence-corrected chi connectivity index (χ2v) is 4.52. The molecule has 1 aliphatic rings. The summed E-state index contributed by atoms with van der Waals surface area (Å²) in [5.41, 5.74) is 0.753. The number of ether oxygens (including phenoxy) is 2. The van der Waals surface area contributed by atoms with E-state index in [1.54, 1.807) is 6.07 Å². The van der Waals surface area contributed by atoms with E-state index in [0.717, 1.165) is 5.56 Å². The van der Waals surface area contributed by atoms with Crippen LogP contribution in [0.15, 0.2) is 18.2 Å². The monoisotopic (exact) mass is 287 g/mol. The first kappa shape index (κ1) is 14.5. The zero-order chi connectivity index (χ0) is 14.7. The van der Waals surface area contributed by atoms with Gasteiger partial charge in [0.2, 0.25) is 0 Å². The smallest absolute Gasteiger partial charge is 0.387 e. The summed E-state index contributed by atoms with van der Waals surface area (Å²) in [6.07, 6.45) is 0.529. The largest absolute Gasteiger partial charge is 0.504 e. The van der Waals surface area contributed by atoms with Crippen molar-refractivity contribution in [3.8, 4) is 11.5 Å². The third-order valence-electron chi connectivity index (χ3n) is 3.29. The molecule has 1 aromatic rings. The maximum atomic E-state index is 12.1. The lowest BCUT2D eigenvalue weighted by Crippen LogP contribution is -2.31. The van der Waals surface area contributed by atoms with Gasteiger partial charge < -0.3 is 19.9 Å². The van der Waals surface area contributed by atoms with Crippen molar-refractivity contribution >= 4 is 5.97 Å². The Kier molecular flexibility index (Phi) is 4.39. The molecule has 1 heterocycles. The minimum atomic E-state index is -2.98. The molecule has 0 amide bonds. The van der Waals surface area contributed by atoms with Crippen molar-refractivity contribution in [2.75, 3.05) is 13.7 Å². The standard InChI is InChI=1S/C13H15F2NO4/c1-19-12(18)9-4-8(6-16-9)7-2-3-11(10(17)5-7)20-13(14)15/h2-3,5,8-9,13,16-17H,4,6H2,1H3/t8?,9-/m1/s1. The number of carbonyl (C=O) groups excluding carboxylic acids is 1. The minimum absolute atomic E-state index is 0.00519. The Morgan fingerprint density at radius 1 is 1.50 bits per heavy atom. The molecule has 0 aromatic heterocycles. The molecular weight excluding hydrogens is 272 g/mol.